The largest absolute Gasteiger partial charge is 0.492 e. The molecule has 0 N–H and O–H groups in total. The van der Waals surface area contributed by atoms with E-state index in [0.717, 1.165) is 55.0 Å². The molecule has 0 atom stereocenters. The molecule has 3 aromatic rings. The number of Topliss-reactive ketones (excluding diaryl/α,β-unsaturated/α-hetero) is 1. The summed E-state index contributed by atoms with van der Waals surface area (Å²) in [5, 5.41) is 1.69. The van der Waals surface area contributed by atoms with E-state index < -0.39 is 0 Å². The Bertz CT molecular complexity index is 1110. The van der Waals surface area contributed by atoms with Crippen molar-refractivity contribution < 1.29 is 9.53 Å². The standard InChI is InChI=1S/C16H21ClN2O.C14H20O/c1-4-18(5-2)8-9-19-11-15(12(3)20)14-7-6-13(17)10-16(14)19;1-3-9-14(10-4-2)11-15-13-8-6-5-7-12(13)14/h6-7,10-11H,4-5,8-9H2,1-3H3;5-8H,3-4,9-11H2,1-2H3. The Kier molecular flexibility index (Phi) is 9.82. The van der Waals surface area contributed by atoms with E-state index in [4.69, 9.17) is 16.3 Å². The molecule has 1 aromatic heterocycles. The summed E-state index contributed by atoms with van der Waals surface area (Å²) >= 11 is 6.09. The second kappa shape index (κ2) is 12.6. The third-order valence-corrected chi connectivity index (χ3v) is 7.43. The van der Waals surface area contributed by atoms with Gasteiger partial charge in [-0.1, -0.05) is 76.4 Å². The van der Waals surface area contributed by atoms with E-state index in [0.29, 0.717) is 10.4 Å². The third-order valence-electron chi connectivity index (χ3n) is 7.19. The number of ether oxygens (including phenoxy) is 1. The predicted molar refractivity (Wildman–Crippen MR) is 148 cm³/mol. The highest BCUT2D eigenvalue weighted by molar-refractivity contribution is 6.31. The van der Waals surface area contributed by atoms with Gasteiger partial charge in [0.1, 0.15) is 5.75 Å². The number of aromatic nitrogens is 1. The molecule has 1 aliphatic rings. The molecule has 0 radical (unpaired) electrons. The maximum atomic E-state index is 11.8. The summed E-state index contributed by atoms with van der Waals surface area (Å²) in [5.41, 5.74) is 3.56. The molecule has 2 heterocycles. The molecule has 0 unspecified atom stereocenters. The van der Waals surface area contributed by atoms with Crippen LogP contribution in [0.15, 0.2) is 48.7 Å². The van der Waals surface area contributed by atoms with Crippen LogP contribution in [-0.4, -0.2) is 41.5 Å². The number of carbonyl (C=O) groups is 1. The molecule has 0 aliphatic carbocycles. The Morgan fingerprint density at radius 3 is 2.37 bits per heavy atom. The first-order valence-electron chi connectivity index (χ1n) is 13.1. The topological polar surface area (TPSA) is 34.5 Å². The minimum Gasteiger partial charge on any atom is -0.492 e. The summed E-state index contributed by atoms with van der Waals surface area (Å²) in [6.45, 7) is 15.3. The predicted octanol–water partition coefficient (Wildman–Crippen LogP) is 7.76. The van der Waals surface area contributed by atoms with Gasteiger partial charge in [0.15, 0.2) is 5.78 Å². The number of para-hydroxylation sites is 1. The average molecular weight is 497 g/mol. The molecular weight excluding hydrogens is 456 g/mol. The van der Waals surface area contributed by atoms with Crippen LogP contribution in [0.25, 0.3) is 10.9 Å². The van der Waals surface area contributed by atoms with Gasteiger partial charge in [-0.15, -0.1) is 0 Å². The van der Waals surface area contributed by atoms with Crippen molar-refractivity contribution in [2.75, 3.05) is 26.2 Å². The number of hydrogen-bond acceptors (Lipinski definition) is 3. The van der Waals surface area contributed by atoms with Crippen molar-refractivity contribution in [2.45, 2.75) is 72.3 Å². The van der Waals surface area contributed by atoms with Gasteiger partial charge >= 0.3 is 0 Å². The van der Waals surface area contributed by atoms with Crippen molar-refractivity contribution in [3.05, 3.63) is 64.8 Å². The van der Waals surface area contributed by atoms with Crippen LogP contribution < -0.4 is 4.74 Å². The second-order valence-electron chi connectivity index (χ2n) is 9.55. The second-order valence-corrected chi connectivity index (χ2v) is 9.98. The van der Waals surface area contributed by atoms with E-state index in [-0.39, 0.29) is 5.78 Å². The minimum atomic E-state index is 0.0962. The lowest BCUT2D eigenvalue weighted by Crippen LogP contribution is -2.27. The van der Waals surface area contributed by atoms with Crippen LogP contribution in [0.3, 0.4) is 0 Å². The molecule has 4 nitrogen and oxygen atoms in total. The fourth-order valence-electron chi connectivity index (χ4n) is 5.34. The summed E-state index contributed by atoms with van der Waals surface area (Å²) in [6.07, 6.45) is 6.91. The van der Waals surface area contributed by atoms with Crippen molar-refractivity contribution in [1.82, 2.24) is 9.47 Å². The molecule has 0 amide bonds. The average Bonchev–Trinajstić information content (AvgIpc) is 3.40. The molecule has 35 heavy (non-hydrogen) atoms. The van der Waals surface area contributed by atoms with Crippen molar-refractivity contribution in [1.29, 1.82) is 0 Å². The lowest BCUT2D eigenvalue weighted by molar-refractivity contribution is 0.101. The van der Waals surface area contributed by atoms with Crippen molar-refractivity contribution in [3.63, 3.8) is 0 Å². The summed E-state index contributed by atoms with van der Waals surface area (Å²) in [5.74, 6) is 1.21. The van der Waals surface area contributed by atoms with Gasteiger partial charge in [0.05, 0.1) is 12.1 Å². The van der Waals surface area contributed by atoms with Crippen LogP contribution in [0.1, 0.15) is 76.2 Å². The maximum absolute atomic E-state index is 11.8. The van der Waals surface area contributed by atoms with Crippen LogP contribution in [0.2, 0.25) is 5.02 Å². The number of carbonyl (C=O) groups excluding carboxylic acids is 1. The number of likely N-dealkylation sites (N-methyl/N-ethyl adjacent to an activating group) is 1. The maximum Gasteiger partial charge on any atom is 0.161 e. The number of ketones is 1. The van der Waals surface area contributed by atoms with Crippen molar-refractivity contribution >= 4 is 28.3 Å². The monoisotopic (exact) mass is 496 g/mol. The molecule has 5 heteroatoms. The number of hydrogen-bond donors (Lipinski definition) is 0. The number of fused-ring (bicyclic) bond motifs is 2. The van der Waals surface area contributed by atoms with Crippen LogP contribution in [0.5, 0.6) is 5.75 Å². The Balaban J connectivity index is 0.000000203. The fraction of sp³-hybridized carbons (Fsp3) is 0.500. The molecule has 0 fully saturated rings. The number of benzene rings is 2. The molecule has 2 aromatic carbocycles. The summed E-state index contributed by atoms with van der Waals surface area (Å²) in [4.78, 5) is 14.1. The lowest BCUT2D eigenvalue weighted by Gasteiger charge is -2.27. The number of halogens is 1. The van der Waals surface area contributed by atoms with Gasteiger partial charge in [0, 0.05) is 46.2 Å². The van der Waals surface area contributed by atoms with Gasteiger partial charge in [-0.3, -0.25) is 4.79 Å². The SMILES string of the molecule is CCCC1(CCC)COc2ccccc21.CCN(CC)CCn1cc(C(C)=O)c2ccc(Cl)cc21. The molecule has 0 saturated heterocycles. The van der Waals surface area contributed by atoms with E-state index in [9.17, 15) is 4.79 Å². The van der Waals surface area contributed by atoms with Crippen molar-refractivity contribution in [2.24, 2.45) is 0 Å². The number of rotatable bonds is 10. The first-order chi connectivity index (χ1) is 16.9. The molecular formula is C30H41ClN2O2. The zero-order chi connectivity index (χ0) is 25.4. The number of nitrogens with zero attached hydrogens (tertiary/aromatic N) is 2. The van der Waals surface area contributed by atoms with E-state index in [1.807, 2.05) is 24.4 Å². The Labute approximate surface area is 216 Å². The minimum absolute atomic E-state index is 0.0962. The molecule has 0 bridgehead atoms. The summed E-state index contributed by atoms with van der Waals surface area (Å²) < 4.78 is 7.95. The van der Waals surface area contributed by atoms with Crippen LogP contribution >= 0.6 is 11.6 Å². The van der Waals surface area contributed by atoms with Gasteiger partial charge in [0.2, 0.25) is 0 Å². The summed E-state index contributed by atoms with van der Waals surface area (Å²) in [7, 11) is 0. The third kappa shape index (κ3) is 6.29. The van der Waals surface area contributed by atoms with E-state index in [1.54, 1.807) is 6.92 Å². The zero-order valence-corrected chi connectivity index (χ0v) is 22.8. The first-order valence-corrected chi connectivity index (χ1v) is 13.5. The Morgan fingerprint density at radius 2 is 1.74 bits per heavy atom. The van der Waals surface area contributed by atoms with Crippen LogP contribution in [0, 0.1) is 0 Å². The molecule has 1 aliphatic heterocycles. The Morgan fingerprint density at radius 1 is 1.06 bits per heavy atom. The first kappa shape index (κ1) is 27.3. The van der Waals surface area contributed by atoms with Crippen LogP contribution in [-0.2, 0) is 12.0 Å². The van der Waals surface area contributed by atoms with Gasteiger partial charge in [-0.25, -0.2) is 0 Å². The lowest BCUT2D eigenvalue weighted by atomic mass is 9.75. The van der Waals surface area contributed by atoms with E-state index in [2.05, 4.69) is 61.4 Å². The van der Waals surface area contributed by atoms with Gasteiger partial charge in [-0.2, -0.15) is 0 Å². The smallest absolute Gasteiger partial charge is 0.161 e. The van der Waals surface area contributed by atoms with E-state index >= 15 is 0 Å². The quantitative estimate of drug-likeness (QED) is 0.269. The van der Waals surface area contributed by atoms with Crippen LogP contribution in [0.4, 0.5) is 0 Å². The van der Waals surface area contributed by atoms with Crippen molar-refractivity contribution in [3.8, 4) is 5.75 Å². The van der Waals surface area contributed by atoms with Gasteiger partial charge in [0.25, 0.3) is 0 Å². The highest BCUT2D eigenvalue weighted by Crippen LogP contribution is 2.44. The van der Waals surface area contributed by atoms with E-state index in [1.165, 1.54) is 31.2 Å². The van der Waals surface area contributed by atoms with Gasteiger partial charge < -0.3 is 14.2 Å². The summed E-state index contributed by atoms with van der Waals surface area (Å²) in [6, 6.07) is 14.2. The molecule has 4 rings (SSSR count). The molecule has 0 saturated carbocycles. The molecule has 0 spiro atoms. The van der Waals surface area contributed by atoms with Gasteiger partial charge in [-0.05, 0) is 51.1 Å². The Hall–Kier alpha value is -2.30. The molecule has 190 valence electrons. The zero-order valence-electron chi connectivity index (χ0n) is 22.1. The normalized spacial score (nSPS) is 13.9. The highest BCUT2D eigenvalue weighted by Gasteiger charge is 2.38. The fourth-order valence-corrected chi connectivity index (χ4v) is 5.51. The highest BCUT2D eigenvalue weighted by atomic mass is 35.5.